The lowest BCUT2D eigenvalue weighted by Gasteiger charge is -2.72. The Labute approximate surface area is 153 Å². The van der Waals surface area contributed by atoms with Crippen molar-refractivity contribution >= 4 is 11.9 Å². The standard InChI is InChI=1S/C21H22N2O3/c1-19-17(24)22(3)18(25)23(4)20(19,2)21(26-19,15-11-7-5-8-12-15)16-13-9-6-10-14-16/h5-14H,1-4H3/t19-,20+/m1/s1. The minimum absolute atomic E-state index is 0.314. The van der Waals surface area contributed by atoms with Crippen LogP contribution < -0.4 is 0 Å². The van der Waals surface area contributed by atoms with Crippen LogP contribution in [0.2, 0.25) is 0 Å². The van der Waals surface area contributed by atoms with Gasteiger partial charge in [0.15, 0.2) is 5.60 Å². The molecule has 2 fully saturated rings. The Hall–Kier alpha value is -2.66. The molecular formula is C21H22N2O3. The summed E-state index contributed by atoms with van der Waals surface area (Å²) in [4.78, 5) is 28.6. The number of nitrogens with zero attached hydrogens (tertiary/aromatic N) is 2. The minimum Gasteiger partial charge on any atom is -0.344 e. The van der Waals surface area contributed by atoms with Crippen molar-refractivity contribution in [3.8, 4) is 0 Å². The van der Waals surface area contributed by atoms with E-state index in [1.54, 1.807) is 18.9 Å². The Bertz CT molecular complexity index is 843. The number of fused-ring (bicyclic) bond motifs is 1. The van der Waals surface area contributed by atoms with Gasteiger partial charge in [-0.25, -0.2) is 4.79 Å². The van der Waals surface area contributed by atoms with Gasteiger partial charge in [0.25, 0.3) is 5.91 Å². The first-order valence-electron chi connectivity index (χ1n) is 8.68. The number of amides is 3. The van der Waals surface area contributed by atoms with Crippen LogP contribution in [0.15, 0.2) is 60.7 Å². The van der Waals surface area contributed by atoms with Crippen LogP contribution in [0.5, 0.6) is 0 Å². The molecule has 2 aliphatic heterocycles. The molecule has 0 N–H and O–H groups in total. The van der Waals surface area contributed by atoms with E-state index in [4.69, 9.17) is 4.74 Å². The molecule has 0 spiro atoms. The van der Waals surface area contributed by atoms with Gasteiger partial charge >= 0.3 is 6.03 Å². The van der Waals surface area contributed by atoms with Crippen molar-refractivity contribution in [3.63, 3.8) is 0 Å². The molecule has 0 bridgehead atoms. The first kappa shape index (κ1) is 16.8. The molecule has 0 saturated carbocycles. The number of urea groups is 1. The quantitative estimate of drug-likeness (QED) is 0.837. The Kier molecular flexibility index (Phi) is 3.34. The Morgan fingerprint density at radius 3 is 1.73 bits per heavy atom. The van der Waals surface area contributed by atoms with Gasteiger partial charge in [-0.15, -0.1) is 0 Å². The van der Waals surface area contributed by atoms with Crippen molar-refractivity contribution in [2.24, 2.45) is 0 Å². The lowest BCUT2D eigenvalue weighted by Crippen LogP contribution is -2.90. The molecule has 5 nitrogen and oxygen atoms in total. The lowest BCUT2D eigenvalue weighted by molar-refractivity contribution is -0.340. The molecule has 2 atom stereocenters. The van der Waals surface area contributed by atoms with E-state index < -0.39 is 16.7 Å². The maximum Gasteiger partial charge on any atom is 0.326 e. The zero-order valence-corrected chi connectivity index (χ0v) is 15.4. The van der Waals surface area contributed by atoms with E-state index >= 15 is 0 Å². The third-order valence-corrected chi connectivity index (χ3v) is 6.29. The van der Waals surface area contributed by atoms with Gasteiger partial charge in [-0.05, 0) is 25.0 Å². The van der Waals surface area contributed by atoms with Crippen molar-refractivity contribution in [2.45, 2.75) is 30.6 Å². The number of ether oxygens (including phenoxy) is 1. The van der Waals surface area contributed by atoms with Crippen molar-refractivity contribution < 1.29 is 14.3 Å². The molecule has 2 aromatic carbocycles. The fourth-order valence-corrected chi connectivity index (χ4v) is 4.62. The highest BCUT2D eigenvalue weighted by Gasteiger charge is 2.80. The summed E-state index contributed by atoms with van der Waals surface area (Å²) in [7, 11) is 3.24. The average molecular weight is 350 g/mol. The summed E-state index contributed by atoms with van der Waals surface area (Å²) in [5, 5.41) is 0. The zero-order chi connectivity index (χ0) is 18.7. The Morgan fingerprint density at radius 2 is 1.27 bits per heavy atom. The van der Waals surface area contributed by atoms with Gasteiger partial charge in [-0.2, -0.15) is 0 Å². The molecule has 0 radical (unpaired) electrons. The number of hydrogen-bond acceptors (Lipinski definition) is 3. The predicted molar refractivity (Wildman–Crippen MR) is 97.5 cm³/mol. The monoisotopic (exact) mass is 350 g/mol. The second-order valence-electron chi connectivity index (χ2n) is 7.33. The number of hydrogen-bond donors (Lipinski definition) is 0. The van der Waals surface area contributed by atoms with Crippen LogP contribution in [-0.4, -0.2) is 47.0 Å². The predicted octanol–water partition coefficient (Wildman–Crippen LogP) is 3.00. The van der Waals surface area contributed by atoms with Gasteiger partial charge in [0.1, 0.15) is 11.1 Å². The summed E-state index contributed by atoms with van der Waals surface area (Å²) in [5.41, 5.74) is -1.09. The van der Waals surface area contributed by atoms with E-state index in [-0.39, 0.29) is 11.9 Å². The third-order valence-electron chi connectivity index (χ3n) is 6.29. The fourth-order valence-electron chi connectivity index (χ4n) is 4.62. The van der Waals surface area contributed by atoms with Crippen molar-refractivity contribution in [2.75, 3.05) is 14.1 Å². The van der Waals surface area contributed by atoms with Gasteiger partial charge < -0.3 is 9.64 Å². The molecule has 2 aliphatic rings. The SMILES string of the molecule is CN1C(=O)N(C)[C@]2(C)C(c3ccccc3)(c3ccccc3)O[C@]2(C)C1=O. The van der Waals surface area contributed by atoms with E-state index in [1.807, 2.05) is 67.6 Å². The highest BCUT2D eigenvalue weighted by Crippen LogP contribution is 2.64. The summed E-state index contributed by atoms with van der Waals surface area (Å²) in [6.45, 7) is 3.72. The maximum atomic E-state index is 13.0. The van der Waals surface area contributed by atoms with E-state index in [1.165, 1.54) is 7.05 Å². The Balaban J connectivity index is 2.01. The van der Waals surface area contributed by atoms with E-state index in [0.717, 1.165) is 16.0 Å². The number of imide groups is 1. The molecule has 2 aromatic rings. The van der Waals surface area contributed by atoms with Gasteiger partial charge in [-0.3, -0.25) is 9.69 Å². The summed E-state index contributed by atoms with van der Waals surface area (Å²) in [5.74, 6) is -0.314. The van der Waals surface area contributed by atoms with Gasteiger partial charge in [0.05, 0.1) is 0 Å². The van der Waals surface area contributed by atoms with Crippen LogP contribution in [-0.2, 0) is 15.1 Å². The van der Waals surface area contributed by atoms with Gasteiger partial charge in [-0.1, -0.05) is 60.7 Å². The number of likely N-dealkylation sites (N-methyl/N-ethyl adjacent to an activating group) is 2. The number of carbonyl (C=O) groups excluding carboxylic acids is 2. The van der Waals surface area contributed by atoms with E-state index in [0.29, 0.717) is 0 Å². The number of rotatable bonds is 2. The molecule has 5 heteroatoms. The maximum absolute atomic E-state index is 13.0. The summed E-state index contributed by atoms with van der Waals surface area (Å²) < 4.78 is 6.51. The summed E-state index contributed by atoms with van der Waals surface area (Å²) in [6, 6.07) is 19.3. The van der Waals surface area contributed by atoms with Crippen LogP contribution in [0.3, 0.4) is 0 Å². The van der Waals surface area contributed by atoms with Crippen LogP contribution in [0.1, 0.15) is 25.0 Å². The molecule has 4 rings (SSSR count). The molecule has 3 amide bonds. The van der Waals surface area contributed by atoms with Crippen LogP contribution in [0, 0.1) is 0 Å². The highest BCUT2D eigenvalue weighted by atomic mass is 16.6. The first-order chi connectivity index (χ1) is 12.3. The van der Waals surface area contributed by atoms with Crippen molar-refractivity contribution in [3.05, 3.63) is 71.8 Å². The molecule has 2 saturated heterocycles. The van der Waals surface area contributed by atoms with Crippen LogP contribution in [0.25, 0.3) is 0 Å². The molecule has 134 valence electrons. The van der Waals surface area contributed by atoms with Crippen molar-refractivity contribution in [1.82, 2.24) is 9.80 Å². The second kappa shape index (κ2) is 5.17. The topological polar surface area (TPSA) is 49.9 Å². The molecule has 26 heavy (non-hydrogen) atoms. The van der Waals surface area contributed by atoms with Gasteiger partial charge in [0, 0.05) is 14.1 Å². The Morgan fingerprint density at radius 1 is 0.808 bits per heavy atom. The lowest BCUT2D eigenvalue weighted by atomic mass is 9.56. The minimum atomic E-state index is -1.13. The molecule has 0 aliphatic carbocycles. The smallest absolute Gasteiger partial charge is 0.326 e. The highest BCUT2D eigenvalue weighted by molar-refractivity contribution is 6.04. The first-order valence-corrected chi connectivity index (χ1v) is 8.68. The number of carbonyl (C=O) groups is 2. The van der Waals surface area contributed by atoms with E-state index in [9.17, 15) is 9.59 Å². The molecular weight excluding hydrogens is 328 g/mol. The van der Waals surface area contributed by atoms with Crippen LogP contribution >= 0.6 is 0 Å². The fraction of sp³-hybridized carbons (Fsp3) is 0.333. The zero-order valence-electron chi connectivity index (χ0n) is 15.4. The summed E-state index contributed by atoms with van der Waals surface area (Å²) >= 11 is 0. The normalized spacial score (nSPS) is 30.0. The third kappa shape index (κ3) is 1.64. The summed E-state index contributed by atoms with van der Waals surface area (Å²) in [6.07, 6.45) is 0. The molecule has 0 unspecified atom stereocenters. The average Bonchev–Trinajstić information content (AvgIpc) is 2.69. The van der Waals surface area contributed by atoms with Crippen molar-refractivity contribution in [1.29, 1.82) is 0 Å². The van der Waals surface area contributed by atoms with Gasteiger partial charge in [0.2, 0.25) is 0 Å². The largest absolute Gasteiger partial charge is 0.344 e. The van der Waals surface area contributed by atoms with Crippen LogP contribution in [0.4, 0.5) is 4.79 Å². The molecule has 0 aromatic heterocycles. The molecule has 2 heterocycles. The number of benzene rings is 2. The second-order valence-corrected chi connectivity index (χ2v) is 7.33. The van der Waals surface area contributed by atoms with E-state index in [2.05, 4.69) is 0 Å².